The largest absolute Gasteiger partial charge is 0.458 e. The summed E-state index contributed by atoms with van der Waals surface area (Å²) in [4.78, 5) is 2.59. The Kier molecular flexibility index (Phi) is 4.14. The van der Waals surface area contributed by atoms with Crippen LogP contribution >= 0.6 is 0 Å². The molecule has 0 N–H and O–H groups in total. The van der Waals surface area contributed by atoms with E-state index >= 15 is 0 Å². The van der Waals surface area contributed by atoms with E-state index < -0.39 is 0 Å². The lowest BCUT2D eigenvalue weighted by Crippen LogP contribution is -2.67. The smallest absolute Gasteiger partial charge is 0.257 e. The molecule has 4 aromatic carbocycles. The van der Waals surface area contributed by atoms with Crippen molar-refractivity contribution in [3.63, 3.8) is 0 Å². The number of nitrogens with zero attached hydrogens (tertiary/aromatic N) is 1. The van der Waals surface area contributed by atoms with E-state index in [4.69, 9.17) is 4.74 Å². The number of fused-ring (bicyclic) bond motifs is 4. The van der Waals surface area contributed by atoms with Gasteiger partial charge in [0.05, 0.1) is 0 Å². The third-order valence-corrected chi connectivity index (χ3v) is 12.8. The van der Waals surface area contributed by atoms with Crippen molar-refractivity contribution in [3.8, 4) is 11.5 Å². The highest BCUT2D eigenvalue weighted by Gasteiger charge is 2.55. The monoisotopic (exact) mass is 545 g/mol. The molecular weight excluding hydrogens is 509 g/mol. The zero-order valence-electron chi connectivity index (χ0n) is 24.7. The summed E-state index contributed by atoms with van der Waals surface area (Å²) in [6, 6.07) is 23.1. The van der Waals surface area contributed by atoms with Crippen LogP contribution in [0.5, 0.6) is 11.5 Å². The lowest BCUT2D eigenvalue weighted by molar-refractivity contribution is 0.346. The zero-order chi connectivity index (χ0) is 27.5. The van der Waals surface area contributed by atoms with Crippen LogP contribution < -0.4 is 26.0 Å². The van der Waals surface area contributed by atoms with Gasteiger partial charge < -0.3 is 9.64 Å². The molecular formula is C39H36BNO. The van der Waals surface area contributed by atoms with Crippen molar-refractivity contribution in [1.29, 1.82) is 0 Å². The molecule has 3 aliphatic heterocycles. The van der Waals surface area contributed by atoms with Crippen LogP contribution in [0.3, 0.4) is 0 Å². The van der Waals surface area contributed by atoms with Crippen molar-refractivity contribution in [2.75, 3.05) is 4.90 Å². The van der Waals surface area contributed by atoms with Crippen molar-refractivity contribution in [2.24, 2.45) is 0 Å². The molecule has 2 saturated carbocycles. The van der Waals surface area contributed by atoms with Gasteiger partial charge in [-0.05, 0) is 161 Å². The van der Waals surface area contributed by atoms with Gasteiger partial charge in [-0.2, -0.15) is 0 Å². The first-order valence-corrected chi connectivity index (χ1v) is 16.7. The quantitative estimate of drug-likeness (QED) is 0.193. The van der Waals surface area contributed by atoms with Crippen LogP contribution in [0.1, 0.15) is 122 Å². The summed E-state index contributed by atoms with van der Waals surface area (Å²) in [5.41, 5.74) is 18.6. The minimum Gasteiger partial charge on any atom is -0.458 e. The molecule has 0 radical (unpaired) electrons. The van der Waals surface area contributed by atoms with Crippen LogP contribution in [0.4, 0.5) is 17.1 Å². The molecule has 2 fully saturated rings. The number of anilines is 3. The van der Waals surface area contributed by atoms with Crippen LogP contribution in [0.25, 0.3) is 0 Å². The second-order valence-electron chi connectivity index (χ2n) is 15.0. The summed E-state index contributed by atoms with van der Waals surface area (Å²) in [6.07, 6.45) is 10.9. The van der Waals surface area contributed by atoms with E-state index in [9.17, 15) is 0 Å². The normalized spacial score (nSPS) is 27.3. The Balaban J connectivity index is 1.33. The number of para-hydroxylation sites is 1. The molecule has 42 heavy (non-hydrogen) atoms. The summed E-state index contributed by atoms with van der Waals surface area (Å²) in [5, 5.41) is 0. The maximum absolute atomic E-state index is 7.04. The Labute approximate surface area is 249 Å². The van der Waals surface area contributed by atoms with Gasteiger partial charge in [-0.15, -0.1) is 0 Å². The third-order valence-electron chi connectivity index (χ3n) is 12.8. The average Bonchev–Trinajstić information content (AvgIpc) is 3.03. The highest BCUT2D eigenvalue weighted by molar-refractivity contribution is 7.00. The molecule has 13 rings (SSSR count). The summed E-state index contributed by atoms with van der Waals surface area (Å²) >= 11 is 0. The number of rotatable bonds is 1. The molecule has 0 aromatic heterocycles. The summed E-state index contributed by atoms with van der Waals surface area (Å²) in [6.45, 7) is 5.45. The van der Waals surface area contributed by atoms with Crippen molar-refractivity contribution in [2.45, 2.75) is 94.3 Å². The number of ether oxygens (including phenoxy) is 1. The van der Waals surface area contributed by atoms with Gasteiger partial charge in [0.25, 0.3) is 6.71 Å². The Morgan fingerprint density at radius 3 is 1.93 bits per heavy atom. The van der Waals surface area contributed by atoms with Gasteiger partial charge in [-0.25, -0.2) is 0 Å². The van der Waals surface area contributed by atoms with E-state index in [1.807, 2.05) is 0 Å². The molecule has 6 aliphatic carbocycles. The number of hydrogen-bond acceptors (Lipinski definition) is 2. The first-order chi connectivity index (χ1) is 20.6. The van der Waals surface area contributed by atoms with Gasteiger partial charge >= 0.3 is 0 Å². The molecule has 4 bridgehead atoms. The fourth-order valence-corrected chi connectivity index (χ4v) is 11.3. The second kappa shape index (κ2) is 7.54. The number of benzene rings is 4. The van der Waals surface area contributed by atoms with Gasteiger partial charge in [0.2, 0.25) is 0 Å². The Morgan fingerprint density at radius 1 is 0.619 bits per heavy atom. The van der Waals surface area contributed by atoms with Gasteiger partial charge in [0.1, 0.15) is 11.5 Å². The fraction of sp³-hybridized carbons (Fsp3) is 0.385. The maximum Gasteiger partial charge on any atom is 0.257 e. The molecule has 0 saturated heterocycles. The molecule has 0 atom stereocenters. The van der Waals surface area contributed by atoms with Gasteiger partial charge in [0, 0.05) is 22.5 Å². The highest BCUT2D eigenvalue weighted by atomic mass is 16.5. The van der Waals surface area contributed by atoms with E-state index in [-0.39, 0.29) is 12.1 Å². The molecule has 0 spiro atoms. The zero-order valence-corrected chi connectivity index (χ0v) is 24.7. The lowest BCUT2D eigenvalue weighted by Gasteiger charge is -2.53. The van der Waals surface area contributed by atoms with Crippen LogP contribution in [0.15, 0.2) is 60.7 Å². The van der Waals surface area contributed by atoms with E-state index in [0.717, 1.165) is 11.5 Å². The number of hydrogen-bond donors (Lipinski definition) is 0. The molecule has 3 heteroatoms. The first-order valence-electron chi connectivity index (χ1n) is 16.7. The molecule has 4 aromatic rings. The summed E-state index contributed by atoms with van der Waals surface area (Å²) in [5.74, 6) is 5.05. The van der Waals surface area contributed by atoms with Crippen molar-refractivity contribution in [1.82, 2.24) is 0 Å². The Hall–Kier alpha value is -3.46. The fourth-order valence-electron chi connectivity index (χ4n) is 11.3. The molecule has 0 amide bonds. The predicted molar refractivity (Wildman–Crippen MR) is 172 cm³/mol. The van der Waals surface area contributed by atoms with Crippen molar-refractivity contribution >= 4 is 40.2 Å². The van der Waals surface area contributed by atoms with Gasteiger partial charge in [-0.3, -0.25) is 0 Å². The van der Waals surface area contributed by atoms with Gasteiger partial charge in [0.15, 0.2) is 0 Å². The predicted octanol–water partition coefficient (Wildman–Crippen LogP) is 8.24. The molecule has 2 nitrogen and oxygen atoms in total. The SMILES string of the molecule is CC1(C)c2c3c(cc4c2C2CCC4CC2)Oc2cccc4c2B3c2c(cc3c(c21)C1CCC3CC1)N4c1ccccc1. The molecule has 206 valence electrons. The summed E-state index contributed by atoms with van der Waals surface area (Å²) in [7, 11) is 0. The Morgan fingerprint density at radius 2 is 1.24 bits per heavy atom. The van der Waals surface area contributed by atoms with E-state index in [1.165, 1.54) is 79.4 Å². The van der Waals surface area contributed by atoms with Crippen LogP contribution in [0, 0.1) is 0 Å². The minimum atomic E-state index is -0.0498. The average molecular weight is 546 g/mol. The van der Waals surface area contributed by atoms with Crippen LogP contribution in [0.2, 0.25) is 0 Å². The third kappa shape index (κ3) is 2.55. The topological polar surface area (TPSA) is 12.5 Å². The Bertz CT molecular complexity index is 1870. The van der Waals surface area contributed by atoms with E-state index in [0.29, 0.717) is 23.7 Å². The van der Waals surface area contributed by atoms with Crippen LogP contribution in [-0.2, 0) is 5.41 Å². The lowest BCUT2D eigenvalue weighted by atomic mass is 9.28. The molecule has 0 unspecified atom stereocenters. The van der Waals surface area contributed by atoms with Crippen molar-refractivity contribution < 1.29 is 4.74 Å². The summed E-state index contributed by atoms with van der Waals surface area (Å²) < 4.78 is 7.04. The first kappa shape index (κ1) is 23.1. The van der Waals surface area contributed by atoms with E-state index in [2.05, 4.69) is 79.4 Å². The second-order valence-corrected chi connectivity index (χ2v) is 15.0. The van der Waals surface area contributed by atoms with Crippen molar-refractivity contribution in [3.05, 3.63) is 94.0 Å². The molecule has 3 heterocycles. The maximum atomic E-state index is 7.04. The van der Waals surface area contributed by atoms with Crippen LogP contribution in [-0.4, -0.2) is 6.71 Å². The molecule has 9 aliphatic rings. The van der Waals surface area contributed by atoms with Gasteiger partial charge in [-0.1, -0.05) is 38.1 Å². The highest BCUT2D eigenvalue weighted by Crippen LogP contribution is 2.60. The minimum absolute atomic E-state index is 0.0498. The standard InChI is InChI=1S/C39H36BNO/c1-39(2)34-32-23-15-11-21(12-16-23)26(32)19-29-37(34)40-36-28(41(29)25-7-4-3-5-8-25)9-6-10-30(36)42-31-20-27-22-13-17-24(18-14-22)33(27)35(39)38(31)40/h3-10,19-24H,11-18H2,1-2H3. The van der Waals surface area contributed by atoms with E-state index in [1.54, 1.807) is 38.8 Å².